The highest BCUT2D eigenvalue weighted by atomic mass is 16.5. The molecule has 0 radical (unpaired) electrons. The van der Waals surface area contributed by atoms with Crippen LogP contribution in [0.5, 0.6) is 5.75 Å². The molecule has 1 amide bonds. The van der Waals surface area contributed by atoms with Crippen LogP contribution in [0.3, 0.4) is 0 Å². The molecule has 2 aromatic rings. The molecule has 3 aliphatic rings. The predicted octanol–water partition coefficient (Wildman–Crippen LogP) is 3.66. The van der Waals surface area contributed by atoms with Gasteiger partial charge in [0.05, 0.1) is 12.2 Å². The number of ether oxygens (including phenoxy) is 2. The minimum absolute atomic E-state index is 0.149. The highest BCUT2D eigenvalue weighted by molar-refractivity contribution is 5.79. The molecule has 2 aliphatic heterocycles. The average molecular weight is 422 g/mol. The first kappa shape index (κ1) is 20.3. The van der Waals surface area contributed by atoms with Crippen LogP contribution in [0, 0.1) is 12.8 Å². The number of hydrogen-bond acceptors (Lipinski definition) is 4. The Kier molecular flexibility index (Phi) is 5.34. The van der Waals surface area contributed by atoms with E-state index < -0.39 is 0 Å². The van der Waals surface area contributed by atoms with E-state index in [1.165, 1.54) is 11.1 Å². The number of likely N-dealkylation sites (tertiary alicyclic amines) is 1. The summed E-state index contributed by atoms with van der Waals surface area (Å²) >= 11 is 0. The lowest BCUT2D eigenvalue weighted by atomic mass is 9.79. The van der Waals surface area contributed by atoms with Gasteiger partial charge in [-0.1, -0.05) is 18.2 Å². The zero-order chi connectivity index (χ0) is 21.4. The predicted molar refractivity (Wildman–Crippen MR) is 118 cm³/mol. The number of benzene rings is 1. The number of aromatic nitrogens is 2. The summed E-state index contributed by atoms with van der Waals surface area (Å²) in [5.41, 5.74) is 4.37. The number of carbonyl (C=O) groups is 1. The van der Waals surface area contributed by atoms with Crippen LogP contribution >= 0.6 is 0 Å². The van der Waals surface area contributed by atoms with Crippen LogP contribution < -0.4 is 4.74 Å². The van der Waals surface area contributed by atoms with Crippen molar-refractivity contribution in [1.29, 1.82) is 0 Å². The number of carbonyl (C=O) groups excluding carboxylic acids is 1. The SMILES string of the molecule is Cc1cc(COc2ccc3c(c2)CCOC32CCN(C(=O)C3CC=CC3)CC2)nn1C. The fourth-order valence-electron chi connectivity index (χ4n) is 5.19. The minimum atomic E-state index is -0.269. The normalized spacial score (nSPS) is 20.3. The maximum absolute atomic E-state index is 12.8. The lowest BCUT2D eigenvalue weighted by molar-refractivity contribution is -0.144. The van der Waals surface area contributed by atoms with Gasteiger partial charge in [-0.2, -0.15) is 5.10 Å². The molecule has 0 bridgehead atoms. The van der Waals surface area contributed by atoms with Crippen LogP contribution in [0.25, 0.3) is 0 Å². The lowest BCUT2D eigenvalue weighted by Gasteiger charge is -2.45. The van der Waals surface area contributed by atoms with E-state index in [-0.39, 0.29) is 11.5 Å². The minimum Gasteiger partial charge on any atom is -0.487 e. The van der Waals surface area contributed by atoms with Gasteiger partial charge in [-0.15, -0.1) is 0 Å². The summed E-state index contributed by atoms with van der Waals surface area (Å²) in [7, 11) is 1.95. The third kappa shape index (κ3) is 3.89. The molecule has 1 spiro atoms. The van der Waals surface area contributed by atoms with Crippen LogP contribution in [0.15, 0.2) is 36.4 Å². The molecular formula is C25H31N3O3. The molecule has 3 heterocycles. The van der Waals surface area contributed by atoms with Gasteiger partial charge in [0.1, 0.15) is 18.1 Å². The lowest BCUT2D eigenvalue weighted by Crippen LogP contribution is -2.49. The number of piperidine rings is 1. The fourth-order valence-corrected chi connectivity index (χ4v) is 5.19. The molecule has 31 heavy (non-hydrogen) atoms. The molecule has 1 saturated heterocycles. The summed E-state index contributed by atoms with van der Waals surface area (Å²) in [6, 6.07) is 8.44. The summed E-state index contributed by atoms with van der Waals surface area (Å²) in [4.78, 5) is 14.8. The fraction of sp³-hybridized carbons (Fsp3) is 0.520. The number of hydrogen-bond donors (Lipinski definition) is 0. The Morgan fingerprint density at radius 3 is 2.71 bits per heavy atom. The molecule has 1 fully saturated rings. The van der Waals surface area contributed by atoms with Crippen molar-refractivity contribution in [3.63, 3.8) is 0 Å². The summed E-state index contributed by atoms with van der Waals surface area (Å²) in [5.74, 6) is 1.33. The second-order valence-electron chi connectivity index (χ2n) is 9.07. The number of amides is 1. The molecular weight excluding hydrogens is 390 g/mol. The first-order chi connectivity index (χ1) is 15.0. The Hall–Kier alpha value is -2.60. The van der Waals surface area contributed by atoms with Crippen molar-refractivity contribution < 1.29 is 14.3 Å². The van der Waals surface area contributed by atoms with Crippen molar-refractivity contribution in [3.8, 4) is 5.75 Å². The second-order valence-corrected chi connectivity index (χ2v) is 9.07. The van der Waals surface area contributed by atoms with Crippen molar-refractivity contribution >= 4 is 5.91 Å². The van der Waals surface area contributed by atoms with E-state index in [2.05, 4.69) is 35.4 Å². The van der Waals surface area contributed by atoms with Gasteiger partial charge in [0, 0.05) is 31.7 Å². The molecule has 6 nitrogen and oxygen atoms in total. The smallest absolute Gasteiger partial charge is 0.226 e. The first-order valence-corrected chi connectivity index (χ1v) is 11.4. The van der Waals surface area contributed by atoms with Gasteiger partial charge in [-0.25, -0.2) is 0 Å². The van der Waals surface area contributed by atoms with E-state index in [4.69, 9.17) is 9.47 Å². The number of aryl methyl sites for hydroxylation is 2. The molecule has 0 unspecified atom stereocenters. The summed E-state index contributed by atoms with van der Waals surface area (Å²) in [6.45, 7) is 4.77. The van der Waals surface area contributed by atoms with Gasteiger partial charge in [-0.3, -0.25) is 9.48 Å². The number of fused-ring (bicyclic) bond motifs is 2. The second kappa shape index (κ2) is 8.15. The Labute approximate surface area is 183 Å². The van der Waals surface area contributed by atoms with E-state index in [1.54, 1.807) is 0 Å². The average Bonchev–Trinajstić information content (AvgIpc) is 3.43. The van der Waals surface area contributed by atoms with Crippen molar-refractivity contribution in [1.82, 2.24) is 14.7 Å². The molecule has 164 valence electrons. The Morgan fingerprint density at radius 1 is 1.23 bits per heavy atom. The molecule has 1 aliphatic carbocycles. The van der Waals surface area contributed by atoms with Crippen LogP contribution in [0.2, 0.25) is 0 Å². The van der Waals surface area contributed by atoms with Crippen molar-refractivity contribution in [3.05, 3.63) is 58.9 Å². The van der Waals surface area contributed by atoms with E-state index in [9.17, 15) is 4.79 Å². The van der Waals surface area contributed by atoms with Crippen LogP contribution in [0.1, 0.15) is 48.2 Å². The van der Waals surface area contributed by atoms with E-state index >= 15 is 0 Å². The van der Waals surface area contributed by atoms with Gasteiger partial charge in [0.15, 0.2) is 0 Å². The third-order valence-corrected chi connectivity index (χ3v) is 7.11. The molecule has 0 saturated carbocycles. The number of nitrogens with zero attached hydrogens (tertiary/aromatic N) is 3. The van der Waals surface area contributed by atoms with Crippen molar-refractivity contribution in [2.24, 2.45) is 13.0 Å². The summed E-state index contributed by atoms with van der Waals surface area (Å²) < 4.78 is 14.3. The molecule has 0 atom stereocenters. The number of allylic oxidation sites excluding steroid dienone is 2. The van der Waals surface area contributed by atoms with Crippen LogP contribution in [-0.4, -0.2) is 40.3 Å². The summed E-state index contributed by atoms with van der Waals surface area (Å²) in [6.07, 6.45) is 8.65. The maximum Gasteiger partial charge on any atom is 0.226 e. The molecule has 1 aromatic carbocycles. The van der Waals surface area contributed by atoms with Gasteiger partial charge in [0.2, 0.25) is 5.91 Å². The Balaban J connectivity index is 1.26. The molecule has 1 aromatic heterocycles. The van der Waals surface area contributed by atoms with Crippen molar-refractivity contribution in [2.75, 3.05) is 19.7 Å². The topological polar surface area (TPSA) is 56.6 Å². The maximum atomic E-state index is 12.8. The van der Waals surface area contributed by atoms with Crippen LogP contribution in [-0.2, 0) is 35.2 Å². The number of rotatable bonds is 4. The Bertz CT molecular complexity index is 974. The van der Waals surface area contributed by atoms with E-state index in [0.29, 0.717) is 12.5 Å². The van der Waals surface area contributed by atoms with Gasteiger partial charge >= 0.3 is 0 Å². The molecule has 6 heteroatoms. The zero-order valence-corrected chi connectivity index (χ0v) is 18.5. The monoisotopic (exact) mass is 421 g/mol. The quantitative estimate of drug-likeness (QED) is 0.707. The molecule has 0 N–H and O–H groups in total. The highest BCUT2D eigenvalue weighted by Crippen LogP contribution is 2.43. The Morgan fingerprint density at radius 2 is 2.00 bits per heavy atom. The first-order valence-electron chi connectivity index (χ1n) is 11.4. The van der Waals surface area contributed by atoms with Gasteiger partial charge < -0.3 is 14.4 Å². The highest BCUT2D eigenvalue weighted by Gasteiger charge is 2.42. The van der Waals surface area contributed by atoms with Crippen molar-refractivity contribution in [2.45, 2.75) is 51.2 Å². The molecule has 5 rings (SSSR count). The van der Waals surface area contributed by atoms with Gasteiger partial charge in [-0.05, 0) is 68.4 Å². The van der Waals surface area contributed by atoms with E-state index in [1.807, 2.05) is 29.6 Å². The van der Waals surface area contributed by atoms with E-state index in [0.717, 1.165) is 68.9 Å². The standard InChI is InChI=1S/C25H31N3O3/c1-18-15-21(26-27(18)2)17-30-22-7-8-23-20(16-22)9-14-31-25(23)10-12-28(13-11-25)24(29)19-5-3-4-6-19/h3-4,7-8,15-16,19H,5-6,9-14,17H2,1-2H3. The summed E-state index contributed by atoms with van der Waals surface area (Å²) in [5, 5.41) is 4.47. The largest absolute Gasteiger partial charge is 0.487 e. The third-order valence-electron chi connectivity index (χ3n) is 7.11. The van der Waals surface area contributed by atoms with Crippen LogP contribution in [0.4, 0.5) is 0 Å². The van der Waals surface area contributed by atoms with Gasteiger partial charge in [0.25, 0.3) is 0 Å². The zero-order valence-electron chi connectivity index (χ0n) is 18.5.